The molecule has 4 atom stereocenters. The lowest BCUT2D eigenvalue weighted by molar-refractivity contribution is -0.126. The maximum absolute atomic E-state index is 12.0. The van der Waals surface area contributed by atoms with Crippen molar-refractivity contribution in [2.75, 3.05) is 6.54 Å². The Labute approximate surface area is 106 Å². The minimum Gasteiger partial charge on any atom is -0.356 e. The van der Waals surface area contributed by atoms with E-state index in [1.54, 1.807) is 0 Å². The molecule has 0 aromatic heterocycles. The van der Waals surface area contributed by atoms with Crippen molar-refractivity contribution in [3.05, 3.63) is 0 Å². The highest BCUT2D eigenvalue weighted by molar-refractivity contribution is 5.78. The van der Waals surface area contributed by atoms with E-state index < -0.39 is 0 Å². The van der Waals surface area contributed by atoms with Crippen LogP contribution in [-0.2, 0) is 4.79 Å². The molecule has 0 radical (unpaired) electrons. The molecule has 3 heteroatoms. The van der Waals surface area contributed by atoms with Crippen molar-refractivity contribution < 1.29 is 4.79 Å². The smallest absolute Gasteiger partial charge is 0.223 e. The topological polar surface area (TPSA) is 55.1 Å². The molecule has 1 saturated carbocycles. The van der Waals surface area contributed by atoms with Gasteiger partial charge in [0.05, 0.1) is 0 Å². The Morgan fingerprint density at radius 2 is 2.00 bits per heavy atom. The van der Waals surface area contributed by atoms with Gasteiger partial charge in [0, 0.05) is 18.5 Å². The fourth-order valence-electron chi connectivity index (χ4n) is 2.30. The molecular weight excluding hydrogens is 212 g/mol. The van der Waals surface area contributed by atoms with Gasteiger partial charge in [0.2, 0.25) is 5.91 Å². The number of nitrogens with one attached hydrogen (secondary N) is 1. The van der Waals surface area contributed by atoms with Gasteiger partial charge in [-0.2, -0.15) is 0 Å². The normalized spacial score (nSPS) is 31.3. The average molecular weight is 240 g/mol. The molecule has 0 aromatic carbocycles. The van der Waals surface area contributed by atoms with Crippen LogP contribution in [0, 0.1) is 23.7 Å². The first-order valence-electron chi connectivity index (χ1n) is 6.95. The Kier molecular flexibility index (Phi) is 5.44. The van der Waals surface area contributed by atoms with Crippen molar-refractivity contribution in [2.45, 2.75) is 53.0 Å². The molecule has 0 spiro atoms. The van der Waals surface area contributed by atoms with E-state index in [1.807, 2.05) is 0 Å². The Morgan fingerprint density at radius 3 is 2.53 bits per heavy atom. The monoisotopic (exact) mass is 240 g/mol. The highest BCUT2D eigenvalue weighted by atomic mass is 16.1. The average Bonchev–Trinajstić information content (AvgIpc) is 2.28. The third kappa shape index (κ3) is 4.30. The number of carbonyl (C=O) groups is 1. The highest BCUT2D eigenvalue weighted by Gasteiger charge is 2.29. The number of hydrogen-bond donors (Lipinski definition) is 2. The van der Waals surface area contributed by atoms with Gasteiger partial charge in [-0.05, 0) is 37.0 Å². The van der Waals surface area contributed by atoms with Crippen molar-refractivity contribution in [2.24, 2.45) is 29.4 Å². The van der Waals surface area contributed by atoms with E-state index in [1.165, 1.54) is 0 Å². The molecule has 100 valence electrons. The van der Waals surface area contributed by atoms with Gasteiger partial charge in [-0.15, -0.1) is 0 Å². The predicted molar refractivity (Wildman–Crippen MR) is 71.5 cm³/mol. The summed E-state index contributed by atoms with van der Waals surface area (Å²) in [6, 6.07) is 0.286. The molecule has 4 unspecified atom stereocenters. The van der Waals surface area contributed by atoms with E-state index in [0.717, 1.165) is 25.8 Å². The summed E-state index contributed by atoms with van der Waals surface area (Å²) < 4.78 is 0. The molecule has 1 aliphatic rings. The van der Waals surface area contributed by atoms with Gasteiger partial charge >= 0.3 is 0 Å². The van der Waals surface area contributed by atoms with E-state index in [9.17, 15) is 4.79 Å². The summed E-state index contributed by atoms with van der Waals surface area (Å²) in [5.41, 5.74) is 5.97. The molecular formula is C14H28N2O. The Morgan fingerprint density at radius 1 is 1.35 bits per heavy atom. The first-order valence-corrected chi connectivity index (χ1v) is 6.95. The zero-order chi connectivity index (χ0) is 13.0. The number of rotatable bonds is 4. The van der Waals surface area contributed by atoms with Crippen LogP contribution in [-0.4, -0.2) is 18.5 Å². The maximum Gasteiger partial charge on any atom is 0.223 e. The molecule has 1 amide bonds. The molecule has 1 aliphatic carbocycles. The number of amides is 1. The minimum atomic E-state index is 0.184. The molecule has 0 aliphatic heterocycles. The zero-order valence-corrected chi connectivity index (χ0v) is 11.7. The Balaban J connectivity index is 2.33. The molecule has 0 saturated heterocycles. The SMILES string of the molecule is CC(C)C(C)CNC(=O)C1CCC(N)C(C)C1. The molecule has 0 aromatic rings. The van der Waals surface area contributed by atoms with Crippen molar-refractivity contribution in [3.63, 3.8) is 0 Å². The Bertz CT molecular complexity index is 253. The van der Waals surface area contributed by atoms with Crippen LogP contribution in [0.15, 0.2) is 0 Å². The lowest BCUT2D eigenvalue weighted by Crippen LogP contribution is -2.41. The van der Waals surface area contributed by atoms with Crippen molar-refractivity contribution >= 4 is 5.91 Å². The molecule has 3 N–H and O–H groups in total. The van der Waals surface area contributed by atoms with Gasteiger partial charge in [-0.3, -0.25) is 4.79 Å². The van der Waals surface area contributed by atoms with Crippen molar-refractivity contribution in [1.29, 1.82) is 0 Å². The van der Waals surface area contributed by atoms with Gasteiger partial charge < -0.3 is 11.1 Å². The second-order valence-electron chi connectivity index (χ2n) is 6.12. The fourth-order valence-corrected chi connectivity index (χ4v) is 2.30. The van der Waals surface area contributed by atoms with Crippen LogP contribution in [0.2, 0.25) is 0 Å². The van der Waals surface area contributed by atoms with Crippen molar-refractivity contribution in [3.8, 4) is 0 Å². The quantitative estimate of drug-likeness (QED) is 0.791. The predicted octanol–water partition coefficient (Wildman–Crippen LogP) is 2.16. The van der Waals surface area contributed by atoms with E-state index in [4.69, 9.17) is 5.73 Å². The third-order valence-corrected chi connectivity index (χ3v) is 4.34. The Hall–Kier alpha value is -0.570. The zero-order valence-electron chi connectivity index (χ0n) is 11.7. The molecule has 17 heavy (non-hydrogen) atoms. The van der Waals surface area contributed by atoms with Crippen LogP contribution in [0.25, 0.3) is 0 Å². The summed E-state index contributed by atoms with van der Waals surface area (Å²) in [6.07, 6.45) is 2.88. The minimum absolute atomic E-state index is 0.184. The van der Waals surface area contributed by atoms with Gasteiger partial charge in [0.25, 0.3) is 0 Å². The van der Waals surface area contributed by atoms with Crippen molar-refractivity contribution in [1.82, 2.24) is 5.32 Å². The first-order chi connectivity index (χ1) is 7.91. The molecule has 1 fully saturated rings. The van der Waals surface area contributed by atoms with E-state index in [0.29, 0.717) is 17.8 Å². The fraction of sp³-hybridized carbons (Fsp3) is 0.929. The summed E-state index contributed by atoms with van der Waals surface area (Å²) in [5.74, 6) is 2.05. The highest BCUT2D eigenvalue weighted by Crippen LogP contribution is 2.28. The molecule has 0 bridgehead atoms. The van der Waals surface area contributed by atoms with Gasteiger partial charge in [0.1, 0.15) is 0 Å². The summed E-state index contributed by atoms with van der Waals surface area (Å²) in [6.45, 7) is 9.52. The third-order valence-electron chi connectivity index (χ3n) is 4.34. The first kappa shape index (κ1) is 14.5. The lowest BCUT2D eigenvalue weighted by Gasteiger charge is -2.31. The maximum atomic E-state index is 12.0. The van der Waals surface area contributed by atoms with Crippen LogP contribution in [0.4, 0.5) is 0 Å². The van der Waals surface area contributed by atoms with Crippen LogP contribution < -0.4 is 11.1 Å². The molecule has 1 rings (SSSR count). The number of hydrogen-bond acceptors (Lipinski definition) is 2. The summed E-state index contributed by atoms with van der Waals surface area (Å²) >= 11 is 0. The summed E-state index contributed by atoms with van der Waals surface area (Å²) in [7, 11) is 0. The van der Waals surface area contributed by atoms with E-state index >= 15 is 0 Å². The van der Waals surface area contributed by atoms with Crippen LogP contribution >= 0.6 is 0 Å². The van der Waals surface area contributed by atoms with Gasteiger partial charge in [-0.1, -0.05) is 27.7 Å². The summed E-state index contributed by atoms with van der Waals surface area (Å²) in [5, 5.41) is 3.09. The van der Waals surface area contributed by atoms with Crippen LogP contribution in [0.3, 0.4) is 0 Å². The molecule has 0 heterocycles. The van der Waals surface area contributed by atoms with E-state index in [-0.39, 0.29) is 17.9 Å². The molecule has 3 nitrogen and oxygen atoms in total. The second-order valence-corrected chi connectivity index (χ2v) is 6.12. The van der Waals surface area contributed by atoms with Crippen LogP contribution in [0.1, 0.15) is 47.0 Å². The standard InChI is InChI=1S/C14H28N2O/c1-9(2)11(4)8-16-14(17)12-5-6-13(15)10(3)7-12/h9-13H,5-8,15H2,1-4H3,(H,16,17). The van der Waals surface area contributed by atoms with Gasteiger partial charge in [-0.25, -0.2) is 0 Å². The largest absolute Gasteiger partial charge is 0.356 e. The lowest BCUT2D eigenvalue weighted by atomic mass is 9.79. The van der Waals surface area contributed by atoms with Crippen LogP contribution in [0.5, 0.6) is 0 Å². The summed E-state index contributed by atoms with van der Waals surface area (Å²) in [4.78, 5) is 12.0. The number of nitrogens with two attached hydrogens (primary N) is 1. The van der Waals surface area contributed by atoms with E-state index in [2.05, 4.69) is 33.0 Å². The second kappa shape index (κ2) is 6.39. The van der Waals surface area contributed by atoms with Gasteiger partial charge in [0.15, 0.2) is 0 Å². The number of carbonyl (C=O) groups excluding carboxylic acids is 1.